The fraction of sp³-hybridized carbons (Fsp3) is 0.588. The number of carboxylic acids is 1. The van der Waals surface area contributed by atoms with E-state index >= 15 is 0 Å². The third-order valence-corrected chi connectivity index (χ3v) is 5.28. The molecule has 0 spiro atoms. The number of aliphatic carboxylic acids is 1. The molecule has 1 N–H and O–H groups in total. The molecule has 0 bridgehead atoms. The molecule has 2 heterocycles. The van der Waals surface area contributed by atoms with Crippen LogP contribution in [0.15, 0.2) is 10.9 Å². The van der Waals surface area contributed by atoms with Gasteiger partial charge in [-0.3, -0.25) is 14.4 Å². The normalized spacial score (nSPS) is 24.0. The number of carbonyl (C=O) groups excluding carboxylic acids is 1. The standard InChI is InChI=1S/C17H22N2O4/c1-9-6-10(2)18(3)15(20)14(9)16(21)19-7-12(11-4-5-11)13(8-19)17(22)23/h6,11-13H,4-5,7-8H2,1-3H3,(H,22,23)/t12-,13+/m1/s1. The van der Waals surface area contributed by atoms with E-state index in [9.17, 15) is 19.5 Å². The number of rotatable bonds is 3. The predicted octanol–water partition coefficient (Wildman–Crippen LogP) is 1.18. The lowest BCUT2D eigenvalue weighted by Crippen LogP contribution is -2.37. The van der Waals surface area contributed by atoms with E-state index in [1.807, 2.05) is 13.0 Å². The summed E-state index contributed by atoms with van der Waals surface area (Å²) in [5.41, 5.74) is 1.30. The van der Waals surface area contributed by atoms with Crippen molar-refractivity contribution in [2.24, 2.45) is 24.8 Å². The largest absolute Gasteiger partial charge is 0.481 e. The summed E-state index contributed by atoms with van der Waals surface area (Å²) in [6.45, 7) is 4.22. The number of hydrogen-bond acceptors (Lipinski definition) is 3. The van der Waals surface area contributed by atoms with Crippen LogP contribution >= 0.6 is 0 Å². The first-order chi connectivity index (χ1) is 10.8. The van der Waals surface area contributed by atoms with Crippen molar-refractivity contribution in [3.05, 3.63) is 33.2 Å². The van der Waals surface area contributed by atoms with E-state index in [1.165, 1.54) is 4.57 Å². The van der Waals surface area contributed by atoms with E-state index in [-0.39, 0.29) is 29.5 Å². The molecule has 124 valence electrons. The topological polar surface area (TPSA) is 79.6 Å². The summed E-state index contributed by atoms with van der Waals surface area (Å²) in [6, 6.07) is 1.82. The smallest absolute Gasteiger partial charge is 0.308 e. The molecule has 0 aromatic carbocycles. The Morgan fingerprint density at radius 1 is 1.22 bits per heavy atom. The summed E-state index contributed by atoms with van der Waals surface area (Å²) >= 11 is 0. The van der Waals surface area contributed by atoms with E-state index in [2.05, 4.69) is 0 Å². The van der Waals surface area contributed by atoms with E-state index in [4.69, 9.17) is 0 Å². The number of nitrogens with zero attached hydrogens (tertiary/aromatic N) is 2. The summed E-state index contributed by atoms with van der Waals surface area (Å²) in [6.07, 6.45) is 2.09. The molecule has 1 aliphatic carbocycles. The fourth-order valence-electron chi connectivity index (χ4n) is 3.66. The van der Waals surface area contributed by atoms with Crippen LogP contribution in [-0.4, -0.2) is 39.5 Å². The fourth-order valence-corrected chi connectivity index (χ4v) is 3.66. The molecule has 2 fully saturated rings. The number of amides is 1. The zero-order valence-corrected chi connectivity index (χ0v) is 13.7. The molecule has 23 heavy (non-hydrogen) atoms. The Hall–Kier alpha value is -2.11. The van der Waals surface area contributed by atoms with Gasteiger partial charge in [0.2, 0.25) is 0 Å². The highest BCUT2D eigenvalue weighted by atomic mass is 16.4. The molecular formula is C17H22N2O4. The van der Waals surface area contributed by atoms with E-state index in [0.717, 1.165) is 18.5 Å². The van der Waals surface area contributed by atoms with Crippen LogP contribution in [0.1, 0.15) is 34.5 Å². The van der Waals surface area contributed by atoms with Crippen molar-refractivity contribution < 1.29 is 14.7 Å². The molecular weight excluding hydrogens is 296 g/mol. The minimum absolute atomic E-state index is 0.0195. The molecule has 6 heteroatoms. The van der Waals surface area contributed by atoms with Crippen LogP contribution in [0.5, 0.6) is 0 Å². The molecule has 2 aliphatic rings. The SMILES string of the molecule is Cc1cc(C)n(C)c(=O)c1C(=O)N1C[C@H](C(=O)O)[C@@H](C2CC2)C1. The zero-order chi connectivity index (χ0) is 16.9. The summed E-state index contributed by atoms with van der Waals surface area (Å²) in [4.78, 5) is 38.3. The van der Waals surface area contributed by atoms with Crippen molar-refractivity contribution >= 4 is 11.9 Å². The molecule has 1 saturated carbocycles. The summed E-state index contributed by atoms with van der Waals surface area (Å²) in [5, 5.41) is 9.42. The van der Waals surface area contributed by atoms with Crippen molar-refractivity contribution in [1.29, 1.82) is 0 Å². The van der Waals surface area contributed by atoms with Crippen molar-refractivity contribution in [3.8, 4) is 0 Å². The van der Waals surface area contributed by atoms with Crippen molar-refractivity contribution in [3.63, 3.8) is 0 Å². The van der Waals surface area contributed by atoms with Crippen molar-refractivity contribution in [2.45, 2.75) is 26.7 Å². The molecule has 1 amide bonds. The first-order valence-electron chi connectivity index (χ1n) is 8.00. The minimum atomic E-state index is -0.842. The second-order valence-corrected chi connectivity index (χ2v) is 6.86. The van der Waals surface area contributed by atoms with E-state index in [0.29, 0.717) is 18.0 Å². The molecule has 2 atom stereocenters. The molecule has 0 radical (unpaired) electrons. The predicted molar refractivity (Wildman–Crippen MR) is 84.4 cm³/mol. The lowest BCUT2D eigenvalue weighted by Gasteiger charge is -2.18. The zero-order valence-electron chi connectivity index (χ0n) is 13.7. The van der Waals surface area contributed by atoms with Gasteiger partial charge < -0.3 is 14.6 Å². The third-order valence-electron chi connectivity index (χ3n) is 5.28. The Morgan fingerprint density at radius 3 is 2.43 bits per heavy atom. The van der Waals surface area contributed by atoms with Gasteiger partial charge in [0, 0.05) is 25.8 Å². The molecule has 3 rings (SSSR count). The van der Waals surface area contributed by atoms with Gasteiger partial charge in [-0.1, -0.05) is 0 Å². The van der Waals surface area contributed by atoms with Crippen LogP contribution in [0.25, 0.3) is 0 Å². The Kier molecular flexibility index (Phi) is 3.78. The third kappa shape index (κ3) is 2.66. The van der Waals surface area contributed by atoms with E-state index < -0.39 is 11.9 Å². The van der Waals surface area contributed by atoms with Gasteiger partial charge >= 0.3 is 5.97 Å². The van der Waals surface area contributed by atoms with Crippen LogP contribution in [0.2, 0.25) is 0 Å². The number of aromatic nitrogens is 1. The van der Waals surface area contributed by atoms with Crippen molar-refractivity contribution in [1.82, 2.24) is 9.47 Å². The number of carboxylic acid groups (broad SMARTS) is 1. The average molecular weight is 318 g/mol. The molecule has 0 unspecified atom stereocenters. The lowest BCUT2D eigenvalue weighted by molar-refractivity contribution is -0.142. The van der Waals surface area contributed by atoms with Gasteiger partial charge in [0.1, 0.15) is 5.56 Å². The highest BCUT2D eigenvalue weighted by Crippen LogP contribution is 2.44. The first kappa shape index (κ1) is 15.8. The second-order valence-electron chi connectivity index (χ2n) is 6.86. The Balaban J connectivity index is 1.91. The van der Waals surface area contributed by atoms with Gasteiger partial charge in [-0.05, 0) is 50.2 Å². The maximum atomic E-state index is 12.8. The summed E-state index contributed by atoms with van der Waals surface area (Å²) in [7, 11) is 1.64. The van der Waals surface area contributed by atoms with Crippen LogP contribution in [0.3, 0.4) is 0 Å². The van der Waals surface area contributed by atoms with Gasteiger partial charge in [0.05, 0.1) is 5.92 Å². The average Bonchev–Trinajstić information content (AvgIpc) is 3.23. The van der Waals surface area contributed by atoms with Crippen LogP contribution in [0, 0.1) is 31.6 Å². The quantitative estimate of drug-likeness (QED) is 0.908. The molecule has 1 aliphatic heterocycles. The summed E-state index contributed by atoms with van der Waals surface area (Å²) in [5.74, 6) is -1.26. The van der Waals surface area contributed by atoms with Gasteiger partial charge in [0.15, 0.2) is 0 Å². The van der Waals surface area contributed by atoms with Gasteiger partial charge in [-0.2, -0.15) is 0 Å². The van der Waals surface area contributed by atoms with Gasteiger partial charge in [0.25, 0.3) is 11.5 Å². The molecule has 1 aromatic heterocycles. The lowest BCUT2D eigenvalue weighted by atomic mass is 9.92. The molecule has 6 nitrogen and oxygen atoms in total. The number of hydrogen-bond donors (Lipinski definition) is 1. The van der Waals surface area contributed by atoms with E-state index in [1.54, 1.807) is 18.9 Å². The molecule has 1 aromatic rings. The van der Waals surface area contributed by atoms with Crippen molar-refractivity contribution in [2.75, 3.05) is 13.1 Å². The number of likely N-dealkylation sites (tertiary alicyclic amines) is 1. The highest BCUT2D eigenvalue weighted by Gasteiger charge is 2.47. The number of pyridine rings is 1. The maximum Gasteiger partial charge on any atom is 0.308 e. The highest BCUT2D eigenvalue weighted by molar-refractivity contribution is 5.96. The number of aryl methyl sites for hydroxylation is 2. The first-order valence-corrected chi connectivity index (χ1v) is 8.00. The van der Waals surface area contributed by atoms with Crippen LogP contribution < -0.4 is 5.56 Å². The Bertz CT molecular complexity index is 733. The minimum Gasteiger partial charge on any atom is -0.481 e. The second kappa shape index (κ2) is 5.51. The van der Waals surface area contributed by atoms with Gasteiger partial charge in [-0.25, -0.2) is 0 Å². The Labute approximate surface area is 134 Å². The number of carbonyl (C=O) groups is 2. The van der Waals surface area contributed by atoms with Crippen LogP contribution in [0.4, 0.5) is 0 Å². The molecule has 1 saturated heterocycles. The monoisotopic (exact) mass is 318 g/mol. The van der Waals surface area contributed by atoms with Crippen LogP contribution in [-0.2, 0) is 11.8 Å². The van der Waals surface area contributed by atoms with Gasteiger partial charge in [-0.15, -0.1) is 0 Å². The Morgan fingerprint density at radius 2 is 1.87 bits per heavy atom. The maximum absolute atomic E-state index is 12.8. The summed E-state index contributed by atoms with van der Waals surface area (Å²) < 4.78 is 1.46.